The van der Waals surface area contributed by atoms with Crippen molar-refractivity contribution < 1.29 is 19.7 Å². The molecule has 0 aliphatic heterocycles. The van der Waals surface area contributed by atoms with Crippen molar-refractivity contribution in [3.8, 4) is 11.5 Å². The lowest BCUT2D eigenvalue weighted by molar-refractivity contribution is 0.0750. The summed E-state index contributed by atoms with van der Waals surface area (Å²) in [4.78, 5) is 12.1. The maximum absolute atomic E-state index is 12.1. The van der Waals surface area contributed by atoms with Crippen LogP contribution >= 0.6 is 0 Å². The number of phenols is 2. The second kappa shape index (κ2) is 5.75. The fourth-order valence-corrected chi connectivity index (χ4v) is 1.99. The summed E-state index contributed by atoms with van der Waals surface area (Å²) >= 11 is 0. The first-order chi connectivity index (χ1) is 9.56. The number of rotatable bonds is 4. The van der Waals surface area contributed by atoms with Gasteiger partial charge in [-0.15, -0.1) is 0 Å². The lowest BCUT2D eigenvalue weighted by Crippen LogP contribution is -2.26. The number of hydrogen-bond donors (Lipinski definition) is 2. The van der Waals surface area contributed by atoms with Crippen LogP contribution in [0.1, 0.15) is 16.8 Å². The van der Waals surface area contributed by atoms with Crippen molar-refractivity contribution in [1.29, 1.82) is 0 Å². The van der Waals surface area contributed by atoms with Crippen molar-refractivity contribution in [2.24, 2.45) is 0 Å². The molecule has 0 saturated carbocycles. The monoisotopic (exact) mass is 272 g/mol. The molecule has 2 rings (SSSR count). The lowest BCUT2D eigenvalue weighted by Gasteiger charge is -2.25. The first-order valence-corrected chi connectivity index (χ1v) is 6.21. The molecule has 20 heavy (non-hydrogen) atoms. The number of aromatic hydroxyl groups is 2. The smallest absolute Gasteiger partial charge is 0.189 e. The van der Waals surface area contributed by atoms with Crippen LogP contribution in [0.2, 0.25) is 0 Å². The van der Waals surface area contributed by atoms with Gasteiger partial charge in [-0.05, 0) is 36.4 Å². The highest BCUT2D eigenvalue weighted by Gasteiger charge is 2.23. The quantitative estimate of drug-likeness (QED) is 0.502. The molecule has 1 aliphatic carbocycles. The molecule has 0 bridgehead atoms. The summed E-state index contributed by atoms with van der Waals surface area (Å²) < 4.78 is 5.43. The summed E-state index contributed by atoms with van der Waals surface area (Å²) in [7, 11) is 1.57. The molecule has 0 amide bonds. The van der Waals surface area contributed by atoms with Gasteiger partial charge >= 0.3 is 0 Å². The molecular formula is C16H16O4. The van der Waals surface area contributed by atoms with E-state index in [1.165, 1.54) is 24.3 Å². The molecule has 0 spiro atoms. The van der Waals surface area contributed by atoms with Gasteiger partial charge in [0.25, 0.3) is 0 Å². The van der Waals surface area contributed by atoms with Gasteiger partial charge in [0.2, 0.25) is 0 Å². The van der Waals surface area contributed by atoms with Gasteiger partial charge in [-0.25, -0.2) is 0 Å². The van der Waals surface area contributed by atoms with E-state index in [0.29, 0.717) is 6.42 Å². The standard InChI is InChI=1S/C16H16O4/c1-20-16(8-3-2-4-9-16)10-7-15(19)13-11-12(17)5-6-14(13)18/h2-8,10-11,17-18H,9H2,1H3. The molecule has 0 fully saturated rings. The number of hydrogen-bond acceptors (Lipinski definition) is 4. The third-order valence-corrected chi connectivity index (χ3v) is 3.20. The van der Waals surface area contributed by atoms with Gasteiger partial charge in [0, 0.05) is 13.5 Å². The Hall–Kier alpha value is -2.33. The summed E-state index contributed by atoms with van der Waals surface area (Å²) in [6, 6.07) is 3.84. The average molecular weight is 272 g/mol. The van der Waals surface area contributed by atoms with E-state index in [9.17, 15) is 15.0 Å². The highest BCUT2D eigenvalue weighted by molar-refractivity contribution is 6.06. The van der Waals surface area contributed by atoms with Gasteiger partial charge < -0.3 is 14.9 Å². The highest BCUT2D eigenvalue weighted by Crippen LogP contribution is 2.26. The van der Waals surface area contributed by atoms with Gasteiger partial charge in [-0.2, -0.15) is 0 Å². The van der Waals surface area contributed by atoms with Crippen LogP contribution in [0.3, 0.4) is 0 Å². The molecule has 0 aromatic heterocycles. The van der Waals surface area contributed by atoms with E-state index in [-0.39, 0.29) is 17.1 Å². The van der Waals surface area contributed by atoms with Crippen molar-refractivity contribution in [2.75, 3.05) is 7.11 Å². The molecule has 0 saturated heterocycles. The maximum atomic E-state index is 12.1. The second-order valence-electron chi connectivity index (χ2n) is 4.55. The van der Waals surface area contributed by atoms with Gasteiger partial charge in [-0.1, -0.05) is 18.2 Å². The van der Waals surface area contributed by atoms with E-state index >= 15 is 0 Å². The molecule has 0 radical (unpaired) electrons. The number of carbonyl (C=O) groups is 1. The summed E-state index contributed by atoms with van der Waals surface area (Å²) in [5.74, 6) is -0.623. The summed E-state index contributed by atoms with van der Waals surface area (Å²) in [5, 5.41) is 19.0. The zero-order valence-electron chi connectivity index (χ0n) is 11.1. The fourth-order valence-electron chi connectivity index (χ4n) is 1.99. The van der Waals surface area contributed by atoms with Crippen LogP contribution in [0, 0.1) is 0 Å². The number of methoxy groups -OCH3 is 1. The highest BCUT2D eigenvalue weighted by atomic mass is 16.5. The maximum Gasteiger partial charge on any atom is 0.189 e. The second-order valence-corrected chi connectivity index (χ2v) is 4.55. The normalized spacial score (nSPS) is 21.4. The van der Waals surface area contributed by atoms with Gasteiger partial charge in [-0.3, -0.25) is 4.79 Å². The summed E-state index contributed by atoms with van der Waals surface area (Å²) in [6.07, 6.45) is 11.2. The van der Waals surface area contributed by atoms with E-state index < -0.39 is 11.4 Å². The zero-order valence-corrected chi connectivity index (χ0v) is 11.1. The SMILES string of the molecule is COC1(C=CC(=O)c2cc(O)ccc2O)C=CC=CC1. The zero-order chi connectivity index (χ0) is 14.6. The van der Waals surface area contributed by atoms with Crippen molar-refractivity contribution in [1.82, 2.24) is 0 Å². The molecule has 2 N–H and O–H groups in total. The van der Waals surface area contributed by atoms with Crippen molar-refractivity contribution in [3.05, 3.63) is 60.2 Å². The predicted octanol–water partition coefficient (Wildman–Crippen LogP) is 2.74. The Morgan fingerprint density at radius 3 is 2.80 bits per heavy atom. The lowest BCUT2D eigenvalue weighted by atomic mass is 9.93. The molecule has 104 valence electrons. The minimum atomic E-state index is -0.642. The van der Waals surface area contributed by atoms with Crippen LogP contribution < -0.4 is 0 Å². The Kier molecular flexibility index (Phi) is 4.05. The molecule has 1 atom stereocenters. The third kappa shape index (κ3) is 2.97. The molecule has 1 aliphatic rings. The molecule has 4 heteroatoms. The average Bonchev–Trinajstić information content (AvgIpc) is 2.48. The molecule has 1 aromatic carbocycles. The van der Waals surface area contributed by atoms with E-state index in [0.717, 1.165) is 0 Å². The molecule has 0 heterocycles. The van der Waals surface area contributed by atoms with Gasteiger partial charge in [0.15, 0.2) is 5.78 Å². The minimum Gasteiger partial charge on any atom is -0.508 e. The predicted molar refractivity (Wildman–Crippen MR) is 75.9 cm³/mol. The fraction of sp³-hybridized carbons (Fsp3) is 0.188. The number of ketones is 1. The van der Waals surface area contributed by atoms with Crippen LogP contribution in [-0.2, 0) is 4.74 Å². The van der Waals surface area contributed by atoms with Crippen LogP contribution in [0.4, 0.5) is 0 Å². The van der Waals surface area contributed by atoms with Crippen LogP contribution in [-0.4, -0.2) is 28.7 Å². The first kappa shape index (κ1) is 14.1. The van der Waals surface area contributed by atoms with Crippen LogP contribution in [0.5, 0.6) is 11.5 Å². The summed E-state index contributed by atoms with van der Waals surface area (Å²) in [5.41, 5.74) is -0.584. The minimum absolute atomic E-state index is 0.0582. The number of carbonyl (C=O) groups excluding carboxylic acids is 1. The Balaban J connectivity index is 2.22. The van der Waals surface area contributed by atoms with Gasteiger partial charge in [0.05, 0.1) is 5.56 Å². The third-order valence-electron chi connectivity index (χ3n) is 3.20. The van der Waals surface area contributed by atoms with Crippen LogP contribution in [0.25, 0.3) is 0 Å². The van der Waals surface area contributed by atoms with Gasteiger partial charge in [0.1, 0.15) is 17.1 Å². The van der Waals surface area contributed by atoms with E-state index in [4.69, 9.17) is 4.74 Å². The molecule has 1 aromatic rings. The van der Waals surface area contributed by atoms with Crippen molar-refractivity contribution in [3.63, 3.8) is 0 Å². The Morgan fingerprint density at radius 1 is 1.35 bits per heavy atom. The summed E-state index contributed by atoms with van der Waals surface area (Å²) in [6.45, 7) is 0. The number of ether oxygens (including phenoxy) is 1. The Morgan fingerprint density at radius 2 is 2.15 bits per heavy atom. The molecular weight excluding hydrogens is 256 g/mol. The van der Waals surface area contributed by atoms with Crippen molar-refractivity contribution >= 4 is 5.78 Å². The van der Waals surface area contributed by atoms with E-state index in [2.05, 4.69) is 0 Å². The van der Waals surface area contributed by atoms with E-state index in [1.54, 1.807) is 13.2 Å². The largest absolute Gasteiger partial charge is 0.508 e. The topological polar surface area (TPSA) is 66.8 Å². The Bertz CT molecular complexity index is 598. The number of phenolic OH excluding ortho intramolecular Hbond substituents is 2. The Labute approximate surface area is 117 Å². The van der Waals surface area contributed by atoms with Crippen LogP contribution in [0.15, 0.2) is 54.7 Å². The number of benzene rings is 1. The molecule has 4 nitrogen and oxygen atoms in total. The van der Waals surface area contributed by atoms with Crippen molar-refractivity contribution in [2.45, 2.75) is 12.0 Å². The number of allylic oxidation sites excluding steroid dienone is 3. The van der Waals surface area contributed by atoms with E-state index in [1.807, 2.05) is 24.3 Å². The molecule has 1 unspecified atom stereocenters. The first-order valence-electron chi connectivity index (χ1n) is 6.21.